The first-order valence-corrected chi connectivity index (χ1v) is 6.38. The van der Waals surface area contributed by atoms with Gasteiger partial charge in [-0.05, 0) is 5.92 Å². The van der Waals surface area contributed by atoms with Crippen LogP contribution in [0.1, 0.15) is 6.92 Å². The Bertz CT molecular complexity index is 391. The van der Waals surface area contributed by atoms with E-state index >= 15 is 0 Å². The minimum absolute atomic E-state index is 0.00252. The Labute approximate surface area is 93.5 Å². The molecule has 8 heteroatoms. The van der Waals surface area contributed by atoms with Crippen LogP contribution in [0.5, 0.6) is 0 Å². The van der Waals surface area contributed by atoms with Gasteiger partial charge in [-0.25, -0.2) is 8.42 Å². The number of hydrogen-bond donors (Lipinski definition) is 2. The van der Waals surface area contributed by atoms with E-state index < -0.39 is 28.4 Å². The first-order valence-electron chi connectivity index (χ1n) is 4.77. The molecule has 0 aliphatic carbocycles. The van der Waals surface area contributed by atoms with Crippen LogP contribution in [0, 0.1) is 5.92 Å². The number of amides is 1. The third-order valence-corrected chi connectivity index (χ3v) is 4.22. The molecular formula is C8H14N2O5S. The van der Waals surface area contributed by atoms with Gasteiger partial charge in [-0.15, -0.1) is 0 Å². The number of carboxylic acid groups (broad SMARTS) is 1. The predicted molar refractivity (Wildman–Crippen MR) is 55.2 cm³/mol. The third kappa shape index (κ3) is 3.46. The molecule has 92 valence electrons. The van der Waals surface area contributed by atoms with Gasteiger partial charge < -0.3 is 10.4 Å². The van der Waals surface area contributed by atoms with Gasteiger partial charge in [0.2, 0.25) is 15.9 Å². The molecule has 1 unspecified atom stereocenters. The molecule has 1 fully saturated rings. The van der Waals surface area contributed by atoms with E-state index in [1.165, 1.54) is 0 Å². The van der Waals surface area contributed by atoms with E-state index in [1.54, 1.807) is 6.92 Å². The van der Waals surface area contributed by atoms with Crippen molar-refractivity contribution < 1.29 is 23.1 Å². The van der Waals surface area contributed by atoms with Crippen LogP contribution in [-0.2, 0) is 19.6 Å². The fourth-order valence-electron chi connectivity index (χ4n) is 1.53. The second-order valence-electron chi connectivity index (χ2n) is 3.85. The van der Waals surface area contributed by atoms with E-state index in [2.05, 4.69) is 5.32 Å². The van der Waals surface area contributed by atoms with E-state index in [9.17, 15) is 18.0 Å². The van der Waals surface area contributed by atoms with Gasteiger partial charge in [0.1, 0.15) is 6.54 Å². The third-order valence-electron chi connectivity index (χ3n) is 2.16. The van der Waals surface area contributed by atoms with Crippen LogP contribution in [-0.4, -0.2) is 55.1 Å². The van der Waals surface area contributed by atoms with E-state index in [-0.39, 0.29) is 18.2 Å². The maximum Gasteiger partial charge on any atom is 0.322 e. The molecule has 1 heterocycles. The van der Waals surface area contributed by atoms with Gasteiger partial charge in [0.25, 0.3) is 0 Å². The Morgan fingerprint density at radius 2 is 2.12 bits per heavy atom. The summed E-state index contributed by atoms with van der Waals surface area (Å²) in [6.45, 7) is 1.29. The fraction of sp³-hybridized carbons (Fsp3) is 0.750. The highest BCUT2D eigenvalue weighted by atomic mass is 32.2. The molecule has 1 aliphatic rings. The maximum atomic E-state index is 11.5. The number of aliphatic carboxylic acids is 1. The topological polar surface area (TPSA) is 104 Å². The van der Waals surface area contributed by atoms with E-state index in [0.29, 0.717) is 6.54 Å². The first kappa shape index (κ1) is 12.9. The van der Waals surface area contributed by atoms with Gasteiger partial charge >= 0.3 is 5.97 Å². The van der Waals surface area contributed by atoms with Crippen molar-refractivity contribution in [3.63, 3.8) is 0 Å². The predicted octanol–water partition coefficient (Wildman–Crippen LogP) is -1.53. The Morgan fingerprint density at radius 3 is 2.56 bits per heavy atom. The summed E-state index contributed by atoms with van der Waals surface area (Å²) in [6, 6.07) is 0. The zero-order valence-electron chi connectivity index (χ0n) is 8.84. The Kier molecular flexibility index (Phi) is 3.87. The largest absolute Gasteiger partial charge is 0.480 e. The fourth-order valence-corrected chi connectivity index (χ4v) is 3.36. The molecule has 1 saturated heterocycles. The average Bonchev–Trinajstić information content (AvgIpc) is 2.36. The summed E-state index contributed by atoms with van der Waals surface area (Å²) in [5, 5.41) is 10.4. The Morgan fingerprint density at radius 1 is 1.50 bits per heavy atom. The van der Waals surface area contributed by atoms with Gasteiger partial charge in [0.15, 0.2) is 0 Å². The minimum Gasteiger partial charge on any atom is -0.480 e. The zero-order valence-corrected chi connectivity index (χ0v) is 9.66. The summed E-state index contributed by atoms with van der Waals surface area (Å²) in [5.74, 6) is -1.72. The lowest BCUT2D eigenvalue weighted by atomic mass is 10.2. The highest BCUT2D eigenvalue weighted by molar-refractivity contribution is 7.89. The highest BCUT2D eigenvalue weighted by Gasteiger charge is 2.34. The van der Waals surface area contributed by atoms with Crippen molar-refractivity contribution in [1.29, 1.82) is 0 Å². The second kappa shape index (κ2) is 4.79. The number of nitrogens with one attached hydrogen (secondary N) is 1. The minimum atomic E-state index is -3.34. The van der Waals surface area contributed by atoms with Crippen LogP contribution in [0.2, 0.25) is 0 Å². The molecule has 1 amide bonds. The second-order valence-corrected chi connectivity index (χ2v) is 5.86. The van der Waals surface area contributed by atoms with Gasteiger partial charge in [0.05, 0.1) is 12.3 Å². The summed E-state index contributed by atoms with van der Waals surface area (Å²) in [4.78, 5) is 21.4. The van der Waals surface area contributed by atoms with Crippen LogP contribution >= 0.6 is 0 Å². The lowest BCUT2D eigenvalue weighted by Crippen LogP contribution is -2.40. The van der Waals surface area contributed by atoms with E-state index in [0.717, 1.165) is 4.31 Å². The van der Waals surface area contributed by atoms with Crippen molar-refractivity contribution in [1.82, 2.24) is 9.62 Å². The lowest BCUT2D eigenvalue weighted by Gasteiger charge is -2.13. The monoisotopic (exact) mass is 250 g/mol. The maximum absolute atomic E-state index is 11.5. The van der Waals surface area contributed by atoms with Crippen molar-refractivity contribution in [2.75, 3.05) is 25.4 Å². The molecule has 16 heavy (non-hydrogen) atoms. The number of carbonyl (C=O) groups is 2. The molecule has 0 bridgehead atoms. The number of carboxylic acids is 1. The van der Waals surface area contributed by atoms with Crippen molar-refractivity contribution >= 4 is 21.9 Å². The van der Waals surface area contributed by atoms with Crippen molar-refractivity contribution in [2.45, 2.75) is 6.92 Å². The number of hydrogen-bond acceptors (Lipinski definition) is 4. The van der Waals surface area contributed by atoms with Crippen molar-refractivity contribution in [3.05, 3.63) is 0 Å². The molecule has 1 rings (SSSR count). The van der Waals surface area contributed by atoms with Crippen LogP contribution < -0.4 is 5.32 Å². The van der Waals surface area contributed by atoms with Gasteiger partial charge in [-0.1, -0.05) is 6.92 Å². The van der Waals surface area contributed by atoms with Gasteiger partial charge in [-0.3, -0.25) is 9.59 Å². The molecule has 0 aromatic carbocycles. The SMILES string of the molecule is CC1CN(CC(=O)NCC(=O)O)S(=O)(=O)C1. The normalized spacial score (nSPS) is 24.2. The molecular weight excluding hydrogens is 236 g/mol. The lowest BCUT2D eigenvalue weighted by molar-refractivity contribution is -0.137. The quantitative estimate of drug-likeness (QED) is 0.630. The van der Waals surface area contributed by atoms with Crippen LogP contribution in [0.15, 0.2) is 0 Å². The summed E-state index contributed by atoms with van der Waals surface area (Å²) in [6.07, 6.45) is 0. The first-order chi connectivity index (χ1) is 7.31. The summed E-state index contributed by atoms with van der Waals surface area (Å²) in [5.41, 5.74) is 0. The van der Waals surface area contributed by atoms with Crippen molar-refractivity contribution in [2.24, 2.45) is 5.92 Å². The molecule has 0 aromatic heterocycles. The molecule has 0 saturated carbocycles. The number of carbonyl (C=O) groups excluding carboxylic acids is 1. The molecule has 2 N–H and O–H groups in total. The summed E-state index contributed by atoms with van der Waals surface area (Å²) < 4.78 is 24.0. The molecule has 1 aliphatic heterocycles. The van der Waals surface area contributed by atoms with Crippen LogP contribution in [0.4, 0.5) is 0 Å². The number of sulfonamides is 1. The molecule has 7 nitrogen and oxygen atoms in total. The van der Waals surface area contributed by atoms with E-state index in [1.807, 2.05) is 0 Å². The summed E-state index contributed by atoms with van der Waals surface area (Å²) >= 11 is 0. The Balaban J connectivity index is 2.49. The van der Waals surface area contributed by atoms with E-state index in [4.69, 9.17) is 5.11 Å². The average molecular weight is 250 g/mol. The van der Waals surface area contributed by atoms with Crippen LogP contribution in [0.3, 0.4) is 0 Å². The zero-order chi connectivity index (χ0) is 12.3. The smallest absolute Gasteiger partial charge is 0.322 e. The molecule has 0 radical (unpaired) electrons. The number of nitrogens with zero attached hydrogens (tertiary/aromatic N) is 1. The molecule has 1 atom stereocenters. The molecule has 0 aromatic rings. The number of rotatable bonds is 4. The summed E-state index contributed by atoms with van der Waals surface area (Å²) in [7, 11) is -3.34. The Hall–Kier alpha value is -1.15. The standard InChI is InChI=1S/C8H14N2O5S/c1-6-3-10(16(14,15)5-6)4-7(11)9-2-8(12)13/h6H,2-5H2,1H3,(H,9,11)(H,12,13). The van der Waals surface area contributed by atoms with Gasteiger partial charge in [0, 0.05) is 6.54 Å². The van der Waals surface area contributed by atoms with Crippen LogP contribution in [0.25, 0.3) is 0 Å². The van der Waals surface area contributed by atoms with Gasteiger partial charge in [-0.2, -0.15) is 4.31 Å². The molecule has 0 spiro atoms. The highest BCUT2D eigenvalue weighted by Crippen LogP contribution is 2.17. The van der Waals surface area contributed by atoms with Crippen molar-refractivity contribution in [3.8, 4) is 0 Å².